The normalized spacial score (nSPS) is 23.8. The van der Waals surface area contributed by atoms with Gasteiger partial charge in [0, 0.05) is 19.0 Å². The summed E-state index contributed by atoms with van der Waals surface area (Å²) in [7, 11) is 0. The predicted octanol–water partition coefficient (Wildman–Crippen LogP) is 0.407. The van der Waals surface area contributed by atoms with E-state index in [1.807, 2.05) is 20.8 Å². The zero-order valence-electron chi connectivity index (χ0n) is 11.6. The molecule has 0 aromatic carbocycles. The van der Waals surface area contributed by atoms with Gasteiger partial charge in [-0.25, -0.2) is 0 Å². The van der Waals surface area contributed by atoms with E-state index in [4.69, 9.17) is 0 Å². The molecule has 1 saturated heterocycles. The second kappa shape index (κ2) is 6.73. The first-order valence-corrected chi connectivity index (χ1v) is 6.77. The summed E-state index contributed by atoms with van der Waals surface area (Å²) in [6.45, 7) is 7.50. The van der Waals surface area contributed by atoms with Gasteiger partial charge in [-0.05, 0) is 32.7 Å². The third kappa shape index (κ3) is 4.29. The highest BCUT2D eigenvalue weighted by Crippen LogP contribution is 2.18. The molecule has 104 valence electrons. The van der Waals surface area contributed by atoms with Gasteiger partial charge in [-0.15, -0.1) is 0 Å². The summed E-state index contributed by atoms with van der Waals surface area (Å²) in [6, 6.07) is 0. The van der Waals surface area contributed by atoms with Crippen LogP contribution in [0.3, 0.4) is 0 Å². The molecular weight excluding hydrogens is 230 g/mol. The maximum Gasteiger partial charge on any atom is 0.240 e. The fraction of sp³-hybridized carbons (Fsp3) is 0.846. The van der Waals surface area contributed by atoms with E-state index in [1.54, 1.807) is 0 Å². The molecule has 2 amide bonds. The number of rotatable bonds is 5. The van der Waals surface area contributed by atoms with E-state index < -0.39 is 5.54 Å². The Kier molecular flexibility index (Phi) is 5.59. The number of hydrogen-bond acceptors (Lipinski definition) is 3. The van der Waals surface area contributed by atoms with E-state index in [0.29, 0.717) is 13.1 Å². The average molecular weight is 255 g/mol. The van der Waals surface area contributed by atoms with Crippen molar-refractivity contribution in [3.63, 3.8) is 0 Å². The fourth-order valence-corrected chi connectivity index (χ4v) is 2.01. The van der Waals surface area contributed by atoms with Crippen LogP contribution in [0.2, 0.25) is 0 Å². The van der Waals surface area contributed by atoms with Crippen LogP contribution in [-0.2, 0) is 9.59 Å². The van der Waals surface area contributed by atoms with Gasteiger partial charge in [0.25, 0.3) is 0 Å². The number of piperidine rings is 1. The van der Waals surface area contributed by atoms with Crippen LogP contribution in [0.25, 0.3) is 0 Å². The highest BCUT2D eigenvalue weighted by atomic mass is 16.2. The minimum absolute atomic E-state index is 0.0155. The Morgan fingerprint density at radius 2 is 1.89 bits per heavy atom. The zero-order valence-corrected chi connectivity index (χ0v) is 11.6. The molecule has 1 fully saturated rings. The van der Waals surface area contributed by atoms with E-state index in [1.165, 1.54) is 0 Å². The monoisotopic (exact) mass is 255 g/mol. The standard InChI is InChI=1S/C13H25N3O2/c1-10(2)11(17)14-8-9-15-12(18)13(3)6-4-5-7-16-13/h10,16H,4-9H2,1-3H3,(H,14,17)(H,15,18). The van der Waals surface area contributed by atoms with Crippen LogP contribution in [0, 0.1) is 5.92 Å². The molecule has 1 heterocycles. The molecule has 0 bridgehead atoms. The lowest BCUT2D eigenvalue weighted by Crippen LogP contribution is -2.57. The van der Waals surface area contributed by atoms with Crippen molar-refractivity contribution in [3.8, 4) is 0 Å². The van der Waals surface area contributed by atoms with Gasteiger partial charge in [-0.1, -0.05) is 13.8 Å². The van der Waals surface area contributed by atoms with E-state index in [-0.39, 0.29) is 17.7 Å². The second-order valence-corrected chi connectivity index (χ2v) is 5.42. The molecule has 5 nitrogen and oxygen atoms in total. The molecule has 1 unspecified atom stereocenters. The van der Waals surface area contributed by atoms with Crippen molar-refractivity contribution in [1.82, 2.24) is 16.0 Å². The molecule has 0 spiro atoms. The van der Waals surface area contributed by atoms with Crippen molar-refractivity contribution in [3.05, 3.63) is 0 Å². The Bertz CT molecular complexity index is 297. The summed E-state index contributed by atoms with van der Waals surface area (Å²) < 4.78 is 0. The van der Waals surface area contributed by atoms with Crippen molar-refractivity contribution in [1.29, 1.82) is 0 Å². The molecule has 1 aliphatic rings. The fourth-order valence-electron chi connectivity index (χ4n) is 2.01. The number of amides is 2. The lowest BCUT2D eigenvalue weighted by Gasteiger charge is -2.33. The topological polar surface area (TPSA) is 70.2 Å². The maximum atomic E-state index is 12.0. The summed E-state index contributed by atoms with van der Waals surface area (Å²) in [6.07, 6.45) is 3.09. The first kappa shape index (κ1) is 15.0. The molecule has 1 aliphatic heterocycles. The zero-order chi connectivity index (χ0) is 13.6. The van der Waals surface area contributed by atoms with E-state index in [0.717, 1.165) is 25.8 Å². The summed E-state index contributed by atoms with van der Waals surface area (Å²) in [4.78, 5) is 23.3. The summed E-state index contributed by atoms with van der Waals surface area (Å²) in [5.74, 6) is 0.0329. The SMILES string of the molecule is CC(C)C(=O)NCCNC(=O)C1(C)CCCCN1. The van der Waals surface area contributed by atoms with Gasteiger partial charge < -0.3 is 16.0 Å². The van der Waals surface area contributed by atoms with Crippen LogP contribution >= 0.6 is 0 Å². The van der Waals surface area contributed by atoms with E-state index in [9.17, 15) is 9.59 Å². The molecule has 1 rings (SSSR count). The Labute approximate surface area is 109 Å². The first-order valence-electron chi connectivity index (χ1n) is 6.77. The summed E-state index contributed by atoms with van der Waals surface area (Å²) >= 11 is 0. The molecule has 0 saturated carbocycles. The quantitative estimate of drug-likeness (QED) is 0.623. The van der Waals surface area contributed by atoms with Crippen molar-refractivity contribution in [2.75, 3.05) is 19.6 Å². The van der Waals surface area contributed by atoms with Crippen LogP contribution in [0.15, 0.2) is 0 Å². The minimum Gasteiger partial charge on any atom is -0.354 e. The van der Waals surface area contributed by atoms with Crippen molar-refractivity contribution < 1.29 is 9.59 Å². The molecule has 0 radical (unpaired) electrons. The van der Waals surface area contributed by atoms with Crippen molar-refractivity contribution in [2.24, 2.45) is 5.92 Å². The molecule has 18 heavy (non-hydrogen) atoms. The lowest BCUT2D eigenvalue weighted by molar-refractivity contribution is -0.128. The second-order valence-electron chi connectivity index (χ2n) is 5.42. The van der Waals surface area contributed by atoms with E-state index >= 15 is 0 Å². The summed E-state index contributed by atoms with van der Waals surface area (Å²) in [5, 5.41) is 8.91. The summed E-state index contributed by atoms with van der Waals surface area (Å²) in [5.41, 5.74) is -0.444. The average Bonchev–Trinajstić information content (AvgIpc) is 2.34. The first-order chi connectivity index (χ1) is 8.46. The van der Waals surface area contributed by atoms with Gasteiger partial charge in [0.05, 0.1) is 5.54 Å². The van der Waals surface area contributed by atoms with Crippen LogP contribution < -0.4 is 16.0 Å². The molecule has 1 atom stereocenters. The van der Waals surface area contributed by atoms with Crippen LogP contribution in [-0.4, -0.2) is 37.0 Å². The Morgan fingerprint density at radius 1 is 1.22 bits per heavy atom. The van der Waals surface area contributed by atoms with Gasteiger partial charge in [0.15, 0.2) is 0 Å². The van der Waals surface area contributed by atoms with Gasteiger partial charge >= 0.3 is 0 Å². The lowest BCUT2D eigenvalue weighted by atomic mass is 9.90. The molecule has 0 aromatic rings. The molecular formula is C13H25N3O2. The predicted molar refractivity (Wildman–Crippen MR) is 71.1 cm³/mol. The maximum absolute atomic E-state index is 12.0. The van der Waals surface area contributed by atoms with Gasteiger partial charge in [0.1, 0.15) is 0 Å². The number of carbonyl (C=O) groups excluding carboxylic acids is 2. The van der Waals surface area contributed by atoms with Crippen molar-refractivity contribution in [2.45, 2.75) is 45.6 Å². The number of hydrogen-bond donors (Lipinski definition) is 3. The van der Waals surface area contributed by atoms with Gasteiger partial charge in [-0.2, -0.15) is 0 Å². The highest BCUT2D eigenvalue weighted by Gasteiger charge is 2.33. The third-order valence-electron chi connectivity index (χ3n) is 3.35. The number of carbonyl (C=O) groups is 2. The molecule has 0 aliphatic carbocycles. The third-order valence-corrected chi connectivity index (χ3v) is 3.35. The van der Waals surface area contributed by atoms with Crippen molar-refractivity contribution >= 4 is 11.8 Å². The molecule has 0 aromatic heterocycles. The van der Waals surface area contributed by atoms with Gasteiger partial charge in [-0.3, -0.25) is 9.59 Å². The Hall–Kier alpha value is -1.10. The van der Waals surface area contributed by atoms with Crippen LogP contribution in [0.1, 0.15) is 40.0 Å². The minimum atomic E-state index is -0.444. The molecule has 3 N–H and O–H groups in total. The largest absolute Gasteiger partial charge is 0.354 e. The highest BCUT2D eigenvalue weighted by molar-refractivity contribution is 5.86. The van der Waals surface area contributed by atoms with Gasteiger partial charge in [0.2, 0.25) is 11.8 Å². The Morgan fingerprint density at radius 3 is 2.44 bits per heavy atom. The number of nitrogens with one attached hydrogen (secondary N) is 3. The van der Waals surface area contributed by atoms with E-state index in [2.05, 4.69) is 16.0 Å². The van der Waals surface area contributed by atoms with Crippen LogP contribution in [0.5, 0.6) is 0 Å². The van der Waals surface area contributed by atoms with Crippen LogP contribution in [0.4, 0.5) is 0 Å². The Balaban J connectivity index is 2.22. The molecule has 5 heteroatoms. The smallest absolute Gasteiger partial charge is 0.240 e.